The Morgan fingerprint density at radius 1 is 1.17 bits per heavy atom. The van der Waals surface area contributed by atoms with Crippen molar-refractivity contribution in [2.24, 2.45) is 11.8 Å². The maximum absolute atomic E-state index is 12.4. The number of alkyl halides is 3. The summed E-state index contributed by atoms with van der Waals surface area (Å²) in [6, 6.07) is 7.20. The molecule has 0 spiro atoms. The Morgan fingerprint density at radius 3 is 2.50 bits per heavy atom. The molecule has 4 rings (SSSR count). The molecule has 0 radical (unpaired) electrons. The monoisotopic (exact) mass is 513 g/mol. The Bertz CT molecular complexity index is 896. The molecule has 1 saturated heterocycles. The second-order valence-electron chi connectivity index (χ2n) is 10.1. The first kappa shape index (κ1) is 28.3. The molecule has 0 unspecified atom stereocenters. The number of hydrogen-bond acceptors (Lipinski definition) is 5. The van der Waals surface area contributed by atoms with Gasteiger partial charge < -0.3 is 19.9 Å². The van der Waals surface area contributed by atoms with Crippen LogP contribution in [0.1, 0.15) is 82.8 Å². The summed E-state index contributed by atoms with van der Waals surface area (Å²) in [7, 11) is 0. The van der Waals surface area contributed by atoms with Gasteiger partial charge in [0, 0.05) is 11.5 Å². The second kappa shape index (κ2) is 12.3. The fraction of sp³-hybridized carbons (Fsp3) is 0.704. The number of esters is 1. The van der Waals surface area contributed by atoms with Gasteiger partial charge in [-0.2, -0.15) is 13.2 Å². The van der Waals surface area contributed by atoms with E-state index >= 15 is 0 Å². The van der Waals surface area contributed by atoms with Crippen molar-refractivity contribution in [1.82, 2.24) is 5.32 Å². The highest BCUT2D eigenvalue weighted by Crippen LogP contribution is 2.54. The Hall–Kier alpha value is -2.29. The molecule has 2 aliphatic carbocycles. The molecule has 6 nitrogen and oxygen atoms in total. The fourth-order valence-electron chi connectivity index (χ4n) is 6.34. The van der Waals surface area contributed by atoms with Crippen molar-refractivity contribution in [3.8, 4) is 5.75 Å². The van der Waals surface area contributed by atoms with Crippen LogP contribution in [0.3, 0.4) is 0 Å². The van der Waals surface area contributed by atoms with E-state index in [-0.39, 0.29) is 18.7 Å². The number of carboxylic acids is 1. The van der Waals surface area contributed by atoms with Gasteiger partial charge in [-0.05, 0) is 74.2 Å². The van der Waals surface area contributed by atoms with Gasteiger partial charge in [0.15, 0.2) is 0 Å². The standard InChI is InChI=1S/C25H37NO3.C2HF3O2/c1-3-7-18(8-4-2)24(27)29-17-28-20-11-10-19-15-23-21-9-5-6-12-25(21,13-14-26-23)22(19)16-20;3-2(4,5)1(6)7/h10-11,16,18,21,23,26H,3-9,12-15,17H2,1-2H3;(H,6,7)/t21-,23+,25-;/m1./s1. The highest BCUT2D eigenvalue weighted by atomic mass is 19.4. The molecular weight excluding hydrogens is 475 g/mol. The molecule has 36 heavy (non-hydrogen) atoms. The molecule has 3 atom stereocenters. The number of aliphatic carboxylic acids is 1. The summed E-state index contributed by atoms with van der Waals surface area (Å²) in [5.74, 6) is -1.26. The topological polar surface area (TPSA) is 84.9 Å². The van der Waals surface area contributed by atoms with E-state index in [9.17, 15) is 18.0 Å². The lowest BCUT2D eigenvalue weighted by Crippen LogP contribution is -2.59. The summed E-state index contributed by atoms with van der Waals surface area (Å²) < 4.78 is 43.1. The molecule has 1 aliphatic heterocycles. The van der Waals surface area contributed by atoms with Gasteiger partial charge in [0.25, 0.3) is 0 Å². The summed E-state index contributed by atoms with van der Waals surface area (Å²) in [6.07, 6.45) is 6.42. The van der Waals surface area contributed by atoms with Gasteiger partial charge in [-0.3, -0.25) is 4.79 Å². The van der Waals surface area contributed by atoms with Crippen molar-refractivity contribution in [3.63, 3.8) is 0 Å². The number of nitrogens with one attached hydrogen (secondary N) is 1. The zero-order valence-electron chi connectivity index (χ0n) is 21.2. The number of fused-ring (bicyclic) bond motifs is 1. The lowest BCUT2D eigenvalue weighted by atomic mass is 9.53. The first-order chi connectivity index (χ1) is 17.1. The molecule has 0 amide bonds. The fourth-order valence-corrected chi connectivity index (χ4v) is 6.34. The molecule has 1 heterocycles. The zero-order valence-corrected chi connectivity index (χ0v) is 21.2. The van der Waals surface area contributed by atoms with Crippen LogP contribution in [0.5, 0.6) is 5.75 Å². The van der Waals surface area contributed by atoms with Gasteiger partial charge in [0.05, 0.1) is 5.92 Å². The first-order valence-electron chi connectivity index (χ1n) is 13.1. The van der Waals surface area contributed by atoms with Crippen molar-refractivity contribution in [2.45, 2.75) is 95.7 Å². The van der Waals surface area contributed by atoms with Crippen molar-refractivity contribution < 1.29 is 37.3 Å². The third kappa shape index (κ3) is 6.52. The molecule has 1 aromatic rings. The molecule has 2 fully saturated rings. The average Bonchev–Trinajstić information content (AvgIpc) is 2.84. The number of rotatable bonds is 8. The molecule has 1 saturated carbocycles. The largest absolute Gasteiger partial charge is 0.490 e. The molecule has 3 aliphatic rings. The molecule has 2 N–H and O–H groups in total. The summed E-state index contributed by atoms with van der Waals surface area (Å²) >= 11 is 0. The van der Waals surface area contributed by atoms with Crippen molar-refractivity contribution in [2.75, 3.05) is 13.3 Å². The number of ether oxygens (including phenoxy) is 2. The highest BCUT2D eigenvalue weighted by molar-refractivity contribution is 5.73. The maximum Gasteiger partial charge on any atom is 0.490 e. The van der Waals surface area contributed by atoms with E-state index in [1.165, 1.54) is 43.2 Å². The Morgan fingerprint density at radius 2 is 1.86 bits per heavy atom. The third-order valence-corrected chi connectivity index (χ3v) is 7.90. The summed E-state index contributed by atoms with van der Waals surface area (Å²) in [4.78, 5) is 21.3. The minimum absolute atomic E-state index is 0.00527. The molecule has 9 heteroatoms. The van der Waals surface area contributed by atoms with Gasteiger partial charge in [-0.25, -0.2) is 4.79 Å². The number of carbonyl (C=O) groups excluding carboxylic acids is 1. The molecule has 202 valence electrons. The number of carboxylic acid groups (broad SMARTS) is 1. The van der Waals surface area contributed by atoms with Crippen LogP contribution in [0, 0.1) is 11.8 Å². The minimum atomic E-state index is -5.08. The summed E-state index contributed by atoms with van der Waals surface area (Å²) in [6.45, 7) is 5.37. The van der Waals surface area contributed by atoms with Crippen LogP contribution >= 0.6 is 0 Å². The predicted molar refractivity (Wildman–Crippen MR) is 129 cm³/mol. The van der Waals surface area contributed by atoms with E-state index in [1.807, 2.05) is 0 Å². The summed E-state index contributed by atoms with van der Waals surface area (Å²) in [5, 5.41) is 10.9. The lowest BCUT2D eigenvalue weighted by molar-refractivity contribution is -0.192. The van der Waals surface area contributed by atoms with Crippen LogP contribution < -0.4 is 10.1 Å². The highest BCUT2D eigenvalue weighted by Gasteiger charge is 2.51. The van der Waals surface area contributed by atoms with E-state index in [0.29, 0.717) is 11.5 Å². The third-order valence-electron chi connectivity index (χ3n) is 7.90. The van der Waals surface area contributed by atoms with E-state index in [4.69, 9.17) is 19.4 Å². The molecule has 2 bridgehead atoms. The lowest BCUT2D eigenvalue weighted by Gasteiger charge is -2.56. The van der Waals surface area contributed by atoms with Gasteiger partial charge in [0.1, 0.15) is 5.75 Å². The van der Waals surface area contributed by atoms with Crippen LogP contribution in [0.15, 0.2) is 18.2 Å². The van der Waals surface area contributed by atoms with Gasteiger partial charge in [0.2, 0.25) is 6.79 Å². The quantitative estimate of drug-likeness (QED) is 0.340. The second-order valence-corrected chi connectivity index (χ2v) is 10.1. The van der Waals surface area contributed by atoms with E-state index in [2.05, 4.69) is 37.4 Å². The SMILES string of the molecule is CCCC(CCC)C(=O)OCOc1ccc2c(c1)[C@@]13CCCC[C@@H]1[C@H](C2)NCC3.O=C(O)C(F)(F)F. The van der Waals surface area contributed by atoms with E-state index in [0.717, 1.165) is 50.3 Å². The number of halogens is 3. The van der Waals surface area contributed by atoms with Gasteiger partial charge >= 0.3 is 18.1 Å². The molecular formula is C27H38F3NO5. The van der Waals surface area contributed by atoms with Gasteiger partial charge in [-0.15, -0.1) is 0 Å². The van der Waals surface area contributed by atoms with Crippen LogP contribution in [-0.2, 0) is 26.2 Å². The smallest absolute Gasteiger partial charge is 0.475 e. The average molecular weight is 514 g/mol. The van der Waals surface area contributed by atoms with Crippen molar-refractivity contribution in [3.05, 3.63) is 29.3 Å². The Kier molecular flexibility index (Phi) is 9.66. The zero-order chi connectivity index (χ0) is 26.3. The summed E-state index contributed by atoms with van der Waals surface area (Å²) in [5.41, 5.74) is 3.32. The number of hydrogen-bond donors (Lipinski definition) is 2. The van der Waals surface area contributed by atoms with Crippen molar-refractivity contribution >= 4 is 11.9 Å². The van der Waals surface area contributed by atoms with Crippen LogP contribution in [0.2, 0.25) is 0 Å². The molecule has 0 aromatic heterocycles. The van der Waals surface area contributed by atoms with Crippen LogP contribution in [0.4, 0.5) is 13.2 Å². The Balaban J connectivity index is 0.000000454. The molecule has 1 aromatic carbocycles. The number of piperidine rings is 1. The number of carbonyl (C=O) groups is 2. The minimum Gasteiger partial charge on any atom is -0.475 e. The van der Waals surface area contributed by atoms with E-state index < -0.39 is 12.1 Å². The Labute approximate surface area is 210 Å². The first-order valence-corrected chi connectivity index (χ1v) is 13.1. The van der Waals surface area contributed by atoms with Gasteiger partial charge in [-0.1, -0.05) is 45.6 Å². The van der Waals surface area contributed by atoms with E-state index in [1.54, 1.807) is 0 Å². The maximum atomic E-state index is 12.4. The normalized spacial score (nSPS) is 24.6. The van der Waals surface area contributed by atoms with Crippen LogP contribution in [-0.4, -0.2) is 42.6 Å². The predicted octanol–water partition coefficient (Wildman–Crippen LogP) is 5.76. The number of benzene rings is 1. The van der Waals surface area contributed by atoms with Crippen molar-refractivity contribution in [1.29, 1.82) is 0 Å². The van der Waals surface area contributed by atoms with Crippen LogP contribution in [0.25, 0.3) is 0 Å².